The second-order valence-corrected chi connectivity index (χ2v) is 10.3. The predicted molar refractivity (Wildman–Crippen MR) is 149 cm³/mol. The van der Waals surface area contributed by atoms with Crippen LogP contribution in [0.2, 0.25) is 0 Å². The molecule has 0 unspecified atom stereocenters. The smallest absolute Gasteiger partial charge is 0.322 e. The number of ketones is 1. The summed E-state index contributed by atoms with van der Waals surface area (Å²) in [4.78, 5) is 51.6. The monoisotopic (exact) mass is 552 g/mol. The first-order valence-electron chi connectivity index (χ1n) is 13.0. The van der Waals surface area contributed by atoms with E-state index in [9.17, 15) is 19.2 Å². The van der Waals surface area contributed by atoms with Crippen LogP contribution in [0.5, 0.6) is 11.5 Å². The van der Waals surface area contributed by atoms with Crippen molar-refractivity contribution in [2.75, 3.05) is 33.4 Å². The normalized spacial score (nSPS) is 12.6. The second-order valence-electron chi connectivity index (χ2n) is 10.3. The van der Waals surface area contributed by atoms with Gasteiger partial charge >= 0.3 is 5.97 Å². The van der Waals surface area contributed by atoms with Crippen LogP contribution in [0.3, 0.4) is 0 Å². The van der Waals surface area contributed by atoms with Crippen molar-refractivity contribution in [1.82, 2.24) is 15.5 Å². The van der Waals surface area contributed by atoms with Crippen LogP contribution in [-0.4, -0.2) is 72.8 Å². The number of carbonyl (C=O) groups excluding carboxylic acids is 3. The summed E-state index contributed by atoms with van der Waals surface area (Å²) in [6.45, 7) is 9.50. The third-order valence-corrected chi connectivity index (χ3v) is 6.40. The molecule has 2 aromatic carbocycles. The highest BCUT2D eigenvalue weighted by Crippen LogP contribution is 2.36. The topological polar surface area (TPSA) is 158 Å². The summed E-state index contributed by atoms with van der Waals surface area (Å²) in [6, 6.07) is 6.42. The zero-order chi connectivity index (χ0) is 29.8. The summed E-state index contributed by atoms with van der Waals surface area (Å²) < 4.78 is 11.5. The van der Waals surface area contributed by atoms with E-state index in [4.69, 9.17) is 20.0 Å². The molecule has 0 radical (unpaired) electrons. The van der Waals surface area contributed by atoms with E-state index in [2.05, 4.69) is 10.6 Å². The number of carbonyl (C=O) groups is 4. The van der Waals surface area contributed by atoms with Crippen LogP contribution in [0.1, 0.15) is 82.4 Å². The largest absolute Gasteiger partial charge is 0.493 e. The maximum Gasteiger partial charge on any atom is 0.322 e. The van der Waals surface area contributed by atoms with Crippen molar-refractivity contribution in [3.63, 3.8) is 0 Å². The minimum atomic E-state index is -1.20. The molecule has 40 heavy (non-hydrogen) atoms. The SMILES string of the molecule is CCOc1cc2c(cc1C(=O)NC)C(=N)N(CC(=O)c1cc(C(=O)NCC(=O)O)c(OCC)c(C(C)(C)C)c1)C2. The Labute approximate surface area is 233 Å². The zero-order valence-electron chi connectivity index (χ0n) is 23.7. The fraction of sp³-hybridized carbons (Fsp3) is 0.414. The Balaban J connectivity index is 1.98. The number of rotatable bonds is 11. The molecule has 11 heteroatoms. The molecule has 214 valence electrons. The Morgan fingerprint density at radius 2 is 1.68 bits per heavy atom. The molecule has 4 N–H and O–H groups in total. The number of carboxylic acid groups (broad SMARTS) is 1. The van der Waals surface area contributed by atoms with Gasteiger partial charge in [-0.25, -0.2) is 0 Å². The number of amides is 2. The van der Waals surface area contributed by atoms with E-state index in [0.717, 1.165) is 5.56 Å². The molecule has 0 fully saturated rings. The van der Waals surface area contributed by atoms with Crippen molar-refractivity contribution in [2.45, 2.75) is 46.6 Å². The van der Waals surface area contributed by atoms with E-state index in [1.54, 1.807) is 30.0 Å². The Kier molecular flexibility index (Phi) is 9.18. The van der Waals surface area contributed by atoms with E-state index >= 15 is 0 Å². The van der Waals surface area contributed by atoms with Gasteiger partial charge in [-0.3, -0.25) is 24.6 Å². The number of Topliss-reactive ketones (excluding diaryl/α,β-unsaturated/α-hetero) is 1. The van der Waals surface area contributed by atoms with Crippen LogP contribution in [0.25, 0.3) is 0 Å². The van der Waals surface area contributed by atoms with Crippen LogP contribution < -0.4 is 20.1 Å². The van der Waals surface area contributed by atoms with E-state index in [-0.39, 0.29) is 48.3 Å². The number of hydrogen-bond donors (Lipinski definition) is 4. The van der Waals surface area contributed by atoms with Crippen LogP contribution >= 0.6 is 0 Å². The Morgan fingerprint density at radius 3 is 2.25 bits per heavy atom. The van der Waals surface area contributed by atoms with Crippen molar-refractivity contribution in [2.24, 2.45) is 0 Å². The van der Waals surface area contributed by atoms with Gasteiger partial charge in [-0.05, 0) is 49.1 Å². The lowest BCUT2D eigenvalue weighted by Gasteiger charge is -2.26. The van der Waals surface area contributed by atoms with Crippen LogP contribution in [0.15, 0.2) is 24.3 Å². The van der Waals surface area contributed by atoms with Crippen LogP contribution in [0.4, 0.5) is 0 Å². The summed E-state index contributed by atoms with van der Waals surface area (Å²) in [5, 5.41) is 22.7. The summed E-state index contributed by atoms with van der Waals surface area (Å²) in [5.41, 5.74) is 2.01. The van der Waals surface area contributed by atoms with Crippen molar-refractivity contribution in [3.05, 3.63) is 57.6 Å². The molecule has 1 aliphatic heterocycles. The molecule has 0 aliphatic carbocycles. The van der Waals surface area contributed by atoms with Gasteiger partial charge in [-0.1, -0.05) is 20.8 Å². The Hall–Kier alpha value is -4.41. The number of benzene rings is 2. The zero-order valence-corrected chi connectivity index (χ0v) is 23.7. The highest BCUT2D eigenvalue weighted by atomic mass is 16.5. The van der Waals surface area contributed by atoms with Gasteiger partial charge in [-0.2, -0.15) is 0 Å². The number of amidine groups is 1. The van der Waals surface area contributed by atoms with E-state index in [0.29, 0.717) is 34.8 Å². The third-order valence-electron chi connectivity index (χ3n) is 6.40. The first-order valence-corrected chi connectivity index (χ1v) is 13.0. The highest BCUT2D eigenvalue weighted by molar-refractivity contribution is 6.08. The summed E-state index contributed by atoms with van der Waals surface area (Å²) >= 11 is 0. The van der Waals surface area contributed by atoms with E-state index in [1.807, 2.05) is 27.7 Å². The van der Waals surface area contributed by atoms with Gasteiger partial charge < -0.3 is 30.1 Å². The molecule has 0 bridgehead atoms. The number of fused-ring (bicyclic) bond motifs is 1. The highest BCUT2D eigenvalue weighted by Gasteiger charge is 2.31. The lowest BCUT2D eigenvalue weighted by atomic mass is 9.83. The number of nitrogens with one attached hydrogen (secondary N) is 3. The average Bonchev–Trinajstić information content (AvgIpc) is 3.19. The van der Waals surface area contributed by atoms with Crippen molar-refractivity contribution < 1.29 is 33.8 Å². The third kappa shape index (κ3) is 6.41. The number of hydrogen-bond acceptors (Lipinski definition) is 7. The molecule has 0 aromatic heterocycles. The quantitative estimate of drug-likeness (QED) is 0.310. The van der Waals surface area contributed by atoms with Crippen molar-refractivity contribution in [3.8, 4) is 11.5 Å². The lowest BCUT2D eigenvalue weighted by molar-refractivity contribution is -0.135. The van der Waals surface area contributed by atoms with Crippen molar-refractivity contribution >= 4 is 29.4 Å². The lowest BCUT2D eigenvalue weighted by Crippen LogP contribution is -2.32. The van der Waals surface area contributed by atoms with E-state index in [1.165, 1.54) is 13.1 Å². The number of nitrogens with zero attached hydrogens (tertiary/aromatic N) is 1. The molecular formula is C29H36N4O7. The van der Waals surface area contributed by atoms with Gasteiger partial charge in [-0.15, -0.1) is 0 Å². The molecule has 0 saturated heterocycles. The first kappa shape index (κ1) is 30.1. The Morgan fingerprint density at radius 1 is 1.00 bits per heavy atom. The maximum absolute atomic E-state index is 13.6. The van der Waals surface area contributed by atoms with Gasteiger partial charge in [0.05, 0.1) is 30.9 Å². The van der Waals surface area contributed by atoms with Gasteiger partial charge in [0.15, 0.2) is 5.78 Å². The number of carboxylic acids is 1. The van der Waals surface area contributed by atoms with Gasteiger partial charge in [0, 0.05) is 30.3 Å². The molecule has 0 saturated carbocycles. The molecule has 2 amide bonds. The van der Waals surface area contributed by atoms with Crippen LogP contribution in [0, 0.1) is 5.41 Å². The molecule has 0 spiro atoms. The minimum absolute atomic E-state index is 0.0650. The summed E-state index contributed by atoms with van der Waals surface area (Å²) in [7, 11) is 1.51. The minimum Gasteiger partial charge on any atom is -0.493 e. The molecule has 1 aliphatic rings. The molecule has 11 nitrogen and oxygen atoms in total. The molecule has 2 aromatic rings. The fourth-order valence-electron chi connectivity index (χ4n) is 4.48. The summed E-state index contributed by atoms with van der Waals surface area (Å²) in [5.74, 6) is -1.76. The number of ether oxygens (including phenoxy) is 2. The fourth-order valence-corrected chi connectivity index (χ4v) is 4.48. The average molecular weight is 553 g/mol. The molecule has 3 rings (SSSR count). The van der Waals surface area contributed by atoms with Gasteiger partial charge in [0.1, 0.15) is 23.9 Å². The standard InChI is InChI=1S/C29H36N4O7/c1-7-39-23-11-17-14-33(26(30)18(17)12-19(23)27(37)31-6)15-22(34)16-9-20(28(38)32-13-24(35)36)25(40-8-2)21(10-16)29(3,4)5/h9-12,30H,7-8,13-15H2,1-6H3,(H,31,37)(H,32,38)(H,35,36). The van der Waals surface area contributed by atoms with E-state index < -0.39 is 23.8 Å². The first-order chi connectivity index (χ1) is 18.8. The molecular weight excluding hydrogens is 516 g/mol. The van der Waals surface area contributed by atoms with Crippen molar-refractivity contribution in [1.29, 1.82) is 5.41 Å². The molecule has 0 atom stereocenters. The summed E-state index contributed by atoms with van der Waals surface area (Å²) in [6.07, 6.45) is 0. The number of aliphatic carboxylic acids is 1. The van der Waals surface area contributed by atoms with Gasteiger partial charge in [0.25, 0.3) is 11.8 Å². The second kappa shape index (κ2) is 12.2. The Bertz CT molecular complexity index is 1360. The predicted octanol–water partition coefficient (Wildman–Crippen LogP) is 2.98. The van der Waals surface area contributed by atoms with Crippen LogP contribution in [-0.2, 0) is 16.8 Å². The molecule has 1 heterocycles. The van der Waals surface area contributed by atoms with Gasteiger partial charge in [0.2, 0.25) is 0 Å². The maximum atomic E-state index is 13.6.